The van der Waals surface area contributed by atoms with Crippen molar-refractivity contribution in [2.75, 3.05) is 11.9 Å². The van der Waals surface area contributed by atoms with Gasteiger partial charge in [-0.3, -0.25) is 14.7 Å². The van der Waals surface area contributed by atoms with E-state index in [2.05, 4.69) is 10.3 Å². The van der Waals surface area contributed by atoms with Crippen molar-refractivity contribution in [1.29, 1.82) is 0 Å². The summed E-state index contributed by atoms with van der Waals surface area (Å²) in [7, 11) is 0. The fourth-order valence-electron chi connectivity index (χ4n) is 5.37. The van der Waals surface area contributed by atoms with Gasteiger partial charge in [0.1, 0.15) is 22.2 Å². The van der Waals surface area contributed by atoms with E-state index >= 15 is 4.39 Å². The van der Waals surface area contributed by atoms with Crippen molar-refractivity contribution in [1.82, 2.24) is 9.88 Å². The number of alkyl halides is 2. The van der Waals surface area contributed by atoms with Crippen LogP contribution in [0.4, 0.5) is 23.7 Å². The number of carbonyl (C=O) groups is 2. The number of hydrogen-bond acceptors (Lipinski definition) is 5. The number of nitrogens with zero attached hydrogens (tertiary/aromatic N) is 2. The van der Waals surface area contributed by atoms with Gasteiger partial charge in [0.05, 0.1) is 12.2 Å². The lowest BCUT2D eigenvalue weighted by Gasteiger charge is -2.42. The molecule has 1 aliphatic heterocycles. The van der Waals surface area contributed by atoms with Gasteiger partial charge in [-0.15, -0.1) is 0 Å². The molecule has 4 rings (SSSR count). The number of hydrogen-bond donors (Lipinski definition) is 1. The smallest absolute Gasteiger partial charge is 0.411 e. The maximum absolute atomic E-state index is 15.2. The molecule has 0 radical (unpaired) electrons. The minimum absolute atomic E-state index is 0.243. The summed E-state index contributed by atoms with van der Waals surface area (Å²) in [6.45, 7) is 9.44. The van der Waals surface area contributed by atoms with Crippen LogP contribution in [0.3, 0.4) is 0 Å². The topological polar surface area (TPSA) is 94.6 Å². The van der Waals surface area contributed by atoms with Crippen LogP contribution in [-0.4, -0.2) is 55.3 Å². The number of anilines is 1. The molecule has 11 heteroatoms. The third-order valence-corrected chi connectivity index (χ3v) is 9.93. The minimum Gasteiger partial charge on any atom is -0.615 e. The number of ether oxygens (including phenoxy) is 1. The van der Waals surface area contributed by atoms with Gasteiger partial charge < -0.3 is 14.6 Å². The average Bonchev–Trinajstić information content (AvgIpc) is 3.65. The van der Waals surface area contributed by atoms with Crippen molar-refractivity contribution < 1.29 is 32.0 Å². The van der Waals surface area contributed by atoms with E-state index in [0.717, 1.165) is 24.8 Å². The third kappa shape index (κ3) is 7.22. The van der Waals surface area contributed by atoms with Gasteiger partial charge in [0.25, 0.3) is 5.92 Å². The highest BCUT2D eigenvalue weighted by atomic mass is 32.2. The Balaban J connectivity index is 1.73. The van der Waals surface area contributed by atoms with Gasteiger partial charge >= 0.3 is 6.09 Å². The lowest BCUT2D eigenvalue weighted by Crippen LogP contribution is -2.47. The largest absolute Gasteiger partial charge is 0.615 e. The summed E-state index contributed by atoms with van der Waals surface area (Å²) in [5, 5.41) is 2.45. The SMILES string of the molecule is CC(C)(C)OC(=O)N1CC(F)(F)C[C@@H]1C(=O)Nc1cc(C(CCC2CC2)(c2ccncc2)[S@+]([O-])C(C)(C)C)ccc1F. The monoisotopic (exact) mass is 607 g/mol. The van der Waals surface area contributed by atoms with E-state index in [-0.39, 0.29) is 5.69 Å². The van der Waals surface area contributed by atoms with Crippen molar-refractivity contribution >= 4 is 28.9 Å². The van der Waals surface area contributed by atoms with Crippen LogP contribution in [0.15, 0.2) is 42.7 Å². The number of likely N-dealkylation sites (tertiary alicyclic amines) is 1. The van der Waals surface area contributed by atoms with E-state index in [4.69, 9.17) is 4.74 Å². The molecule has 2 fully saturated rings. The maximum atomic E-state index is 15.2. The molecule has 1 saturated carbocycles. The summed E-state index contributed by atoms with van der Waals surface area (Å²) in [4.78, 5) is 30.9. The summed E-state index contributed by atoms with van der Waals surface area (Å²) in [6, 6.07) is 6.23. The molecule has 3 atom stereocenters. The number of rotatable bonds is 8. The molecule has 230 valence electrons. The van der Waals surface area contributed by atoms with Crippen LogP contribution in [0.1, 0.15) is 84.8 Å². The van der Waals surface area contributed by atoms with E-state index < -0.39 is 69.0 Å². The Morgan fingerprint density at radius 3 is 2.31 bits per heavy atom. The Hall–Kier alpha value is -2.79. The summed E-state index contributed by atoms with van der Waals surface area (Å²) >= 11 is -1.52. The molecule has 0 spiro atoms. The number of aromatic nitrogens is 1. The van der Waals surface area contributed by atoms with Crippen molar-refractivity contribution in [2.45, 2.75) is 101 Å². The summed E-state index contributed by atoms with van der Waals surface area (Å²) in [5.74, 6) is -4.54. The first-order chi connectivity index (χ1) is 19.4. The lowest BCUT2D eigenvalue weighted by molar-refractivity contribution is -0.120. The first kappa shape index (κ1) is 32.1. The number of pyridine rings is 1. The Bertz CT molecular complexity index is 1290. The van der Waals surface area contributed by atoms with Crippen LogP contribution in [0.2, 0.25) is 0 Å². The summed E-state index contributed by atoms with van der Waals surface area (Å²) < 4.78 is 62.1. The molecule has 0 bridgehead atoms. The number of amides is 2. The van der Waals surface area contributed by atoms with E-state index in [0.29, 0.717) is 22.8 Å². The second kappa shape index (κ2) is 11.7. The molecule has 42 heavy (non-hydrogen) atoms. The number of halogens is 3. The van der Waals surface area contributed by atoms with Crippen molar-refractivity contribution in [3.05, 3.63) is 59.7 Å². The van der Waals surface area contributed by atoms with Crippen molar-refractivity contribution in [3.8, 4) is 0 Å². The normalized spacial score (nSPS) is 21.0. The van der Waals surface area contributed by atoms with Gasteiger partial charge in [0, 0.05) is 36.4 Å². The highest BCUT2D eigenvalue weighted by Crippen LogP contribution is 2.50. The van der Waals surface area contributed by atoms with Crippen LogP contribution in [-0.2, 0) is 25.5 Å². The van der Waals surface area contributed by atoms with Gasteiger partial charge in [-0.25, -0.2) is 18.0 Å². The van der Waals surface area contributed by atoms with E-state index in [1.807, 2.05) is 20.8 Å². The van der Waals surface area contributed by atoms with Gasteiger partial charge in [-0.1, -0.05) is 18.9 Å². The lowest BCUT2D eigenvalue weighted by atomic mass is 9.85. The van der Waals surface area contributed by atoms with E-state index in [9.17, 15) is 22.9 Å². The minimum atomic E-state index is -3.32. The van der Waals surface area contributed by atoms with Gasteiger partial charge in [0.2, 0.25) is 5.91 Å². The molecule has 1 aromatic heterocycles. The van der Waals surface area contributed by atoms with Crippen LogP contribution in [0.5, 0.6) is 0 Å². The van der Waals surface area contributed by atoms with Crippen LogP contribution in [0.25, 0.3) is 0 Å². The highest BCUT2D eigenvalue weighted by molar-refractivity contribution is 7.93. The maximum Gasteiger partial charge on any atom is 0.411 e. The summed E-state index contributed by atoms with van der Waals surface area (Å²) in [6.07, 6.45) is 4.80. The molecule has 2 heterocycles. The second-order valence-electron chi connectivity index (χ2n) is 13.3. The predicted molar refractivity (Wildman–Crippen MR) is 156 cm³/mol. The summed E-state index contributed by atoms with van der Waals surface area (Å²) in [5.41, 5.74) is 0.0742. The molecule has 2 aliphatic rings. The third-order valence-electron chi connectivity index (χ3n) is 7.51. The first-order valence-corrected chi connectivity index (χ1v) is 15.4. The fraction of sp³-hybridized carbons (Fsp3) is 0.581. The van der Waals surface area contributed by atoms with Crippen LogP contribution in [0, 0.1) is 11.7 Å². The molecular formula is C31H40F3N3O4S. The predicted octanol–water partition coefficient (Wildman–Crippen LogP) is 6.78. The molecule has 1 aliphatic carbocycles. The molecular weight excluding hydrogens is 567 g/mol. The molecule has 2 aromatic rings. The molecule has 2 amide bonds. The highest BCUT2D eigenvalue weighted by Gasteiger charge is 2.53. The molecule has 1 N–H and O–H groups in total. The Labute approximate surface area is 248 Å². The average molecular weight is 608 g/mol. The zero-order valence-corrected chi connectivity index (χ0v) is 25.8. The Morgan fingerprint density at radius 1 is 1.10 bits per heavy atom. The van der Waals surface area contributed by atoms with Gasteiger partial charge in [0.15, 0.2) is 4.75 Å². The first-order valence-electron chi connectivity index (χ1n) is 14.2. The molecule has 7 nitrogen and oxygen atoms in total. The second-order valence-corrected chi connectivity index (χ2v) is 15.8. The number of nitrogens with one attached hydrogen (secondary N) is 1. The quantitative estimate of drug-likeness (QED) is 0.334. The number of benzene rings is 1. The van der Waals surface area contributed by atoms with Crippen molar-refractivity contribution in [2.24, 2.45) is 5.92 Å². The zero-order valence-electron chi connectivity index (χ0n) is 25.0. The van der Waals surface area contributed by atoms with Crippen molar-refractivity contribution in [3.63, 3.8) is 0 Å². The van der Waals surface area contributed by atoms with E-state index in [1.165, 1.54) is 12.1 Å². The van der Waals surface area contributed by atoms with Gasteiger partial charge in [-0.05, 0) is 89.3 Å². The Morgan fingerprint density at radius 2 is 1.74 bits per heavy atom. The van der Waals surface area contributed by atoms with E-state index in [1.54, 1.807) is 51.4 Å². The molecule has 1 unspecified atom stereocenters. The van der Waals surface area contributed by atoms with Crippen LogP contribution >= 0.6 is 0 Å². The molecule has 1 saturated heterocycles. The zero-order chi connectivity index (χ0) is 31.1. The van der Waals surface area contributed by atoms with Crippen LogP contribution < -0.4 is 5.32 Å². The fourth-order valence-corrected chi connectivity index (χ4v) is 7.41. The molecule has 1 aromatic carbocycles. The number of carbonyl (C=O) groups excluding carboxylic acids is 2. The standard InChI is InChI=1S/C31H40F3N3O4S/c1-28(2,3)41-27(39)37-19-30(33,34)18-25(37)26(38)36-24-17-22(9-10-23(24)32)31(14-11-20-7-8-20,42(40)29(4,5)6)21-12-15-35-16-13-21/h9-10,12-13,15-17,20,25H,7-8,11,14,18-19H2,1-6H3,(H,36,38)/t25-,31?,42-/m1/s1. The van der Waals surface area contributed by atoms with Gasteiger partial charge in [-0.2, -0.15) is 0 Å². The Kier molecular flexibility index (Phi) is 8.96.